The number of carbonyl (C=O) groups is 1. The summed E-state index contributed by atoms with van der Waals surface area (Å²) in [4.78, 5) is 23.8. The van der Waals surface area contributed by atoms with E-state index in [1.807, 2.05) is 19.1 Å². The summed E-state index contributed by atoms with van der Waals surface area (Å²) < 4.78 is 18.5. The van der Waals surface area contributed by atoms with E-state index in [1.165, 1.54) is 0 Å². The number of hydrogen-bond acceptors (Lipinski definition) is 7. The van der Waals surface area contributed by atoms with Crippen LogP contribution in [0.4, 0.5) is 20.6 Å². The van der Waals surface area contributed by atoms with Crippen LogP contribution in [0.3, 0.4) is 0 Å². The van der Waals surface area contributed by atoms with Gasteiger partial charge in [0.1, 0.15) is 12.2 Å². The molecular weight excluding hydrogens is 437 g/mol. The van der Waals surface area contributed by atoms with Crippen LogP contribution in [0.2, 0.25) is 0 Å². The molecule has 3 aliphatic rings. The van der Waals surface area contributed by atoms with E-state index in [-0.39, 0.29) is 11.9 Å². The van der Waals surface area contributed by atoms with Crippen LogP contribution in [0.25, 0.3) is 0 Å². The summed E-state index contributed by atoms with van der Waals surface area (Å²) in [7, 11) is 0. The summed E-state index contributed by atoms with van der Waals surface area (Å²) in [5, 5.41) is 16.7. The summed E-state index contributed by atoms with van der Waals surface area (Å²) in [5.41, 5.74) is 1.41. The fraction of sp³-hybridized carbons (Fsp3) is 0.583. The van der Waals surface area contributed by atoms with Gasteiger partial charge in [0.2, 0.25) is 5.89 Å². The van der Waals surface area contributed by atoms with Gasteiger partial charge in [-0.2, -0.15) is 10.2 Å². The average molecular weight is 468 g/mol. The number of benzene rings is 1. The lowest BCUT2D eigenvalue weighted by Crippen LogP contribution is -2.61. The molecule has 1 aromatic heterocycles. The number of halogens is 1. The Morgan fingerprint density at radius 3 is 2.62 bits per heavy atom. The molecule has 2 atom stereocenters. The number of nitriles is 1. The molecule has 1 saturated carbocycles. The smallest absolute Gasteiger partial charge is 0.322 e. The summed E-state index contributed by atoms with van der Waals surface area (Å²) in [6.45, 7) is 10.7. The van der Waals surface area contributed by atoms with Crippen molar-refractivity contribution in [3.05, 3.63) is 35.5 Å². The number of urea groups is 1. The molecule has 10 heteroatoms. The lowest BCUT2D eigenvalue weighted by atomic mass is 9.81. The Labute approximate surface area is 198 Å². The third-order valence-electron chi connectivity index (χ3n) is 7.16. The van der Waals surface area contributed by atoms with Crippen LogP contribution >= 0.6 is 0 Å². The van der Waals surface area contributed by atoms with Crippen molar-refractivity contribution in [2.24, 2.45) is 0 Å². The monoisotopic (exact) mass is 467 g/mol. The number of hydrogen-bond donors (Lipinski definition) is 1. The zero-order chi connectivity index (χ0) is 24.0. The molecule has 34 heavy (non-hydrogen) atoms. The lowest BCUT2D eigenvalue weighted by molar-refractivity contribution is 0.104. The van der Waals surface area contributed by atoms with E-state index in [1.54, 1.807) is 11.0 Å². The maximum atomic E-state index is 13.3. The normalized spacial score (nSPS) is 24.0. The first-order valence-electron chi connectivity index (χ1n) is 11.9. The number of amides is 2. The molecule has 2 aliphatic heterocycles. The van der Waals surface area contributed by atoms with Gasteiger partial charge in [-0.05, 0) is 39.3 Å². The second-order valence-corrected chi connectivity index (χ2v) is 10.1. The fourth-order valence-electron chi connectivity index (χ4n) is 4.83. The molecule has 0 radical (unpaired) electrons. The molecule has 1 N–H and O–H groups in total. The molecule has 2 saturated heterocycles. The van der Waals surface area contributed by atoms with Crippen molar-refractivity contribution in [3.63, 3.8) is 0 Å². The summed E-state index contributed by atoms with van der Waals surface area (Å²) in [6, 6.07) is 7.97. The summed E-state index contributed by atoms with van der Waals surface area (Å²) >= 11 is 0. The first-order chi connectivity index (χ1) is 16.3. The third-order valence-corrected chi connectivity index (χ3v) is 7.16. The van der Waals surface area contributed by atoms with E-state index < -0.39 is 11.6 Å². The van der Waals surface area contributed by atoms with Crippen molar-refractivity contribution < 1.29 is 13.7 Å². The molecule has 1 aromatic carbocycles. The molecule has 3 fully saturated rings. The van der Waals surface area contributed by atoms with E-state index in [9.17, 15) is 14.4 Å². The number of aromatic nitrogens is 2. The third kappa shape index (κ3) is 4.09. The maximum Gasteiger partial charge on any atom is 0.322 e. The topological polar surface area (TPSA) is 102 Å². The van der Waals surface area contributed by atoms with Crippen LogP contribution in [-0.2, 0) is 5.41 Å². The van der Waals surface area contributed by atoms with Crippen molar-refractivity contribution in [2.75, 3.05) is 49.5 Å². The SMILES string of the molecule is CC(C)N1CCN(c2cccc(C#N)c2NC(=O)N2CC(C)(c3noc([C@@H]4C[C@@H]4F)n3)C2)CC1. The molecule has 1 aliphatic carbocycles. The highest BCUT2D eigenvalue weighted by Gasteiger charge is 2.49. The standard InChI is InChI=1S/C24H30FN7O2/c1-15(2)30-7-9-31(10-8-30)19-6-4-5-16(12-26)20(19)27-23(33)32-13-24(3,14-32)22-28-21(34-29-22)17-11-18(17)25/h4-6,15,17-18H,7-11,13-14H2,1-3H3,(H,27,33)/t17-,18+/m1/s1. The Morgan fingerprint density at radius 1 is 1.29 bits per heavy atom. The van der Waals surface area contributed by atoms with Crippen molar-refractivity contribution in [2.45, 2.75) is 50.7 Å². The van der Waals surface area contributed by atoms with Crippen LogP contribution in [0.5, 0.6) is 0 Å². The van der Waals surface area contributed by atoms with Crippen LogP contribution in [0.1, 0.15) is 50.4 Å². The van der Waals surface area contributed by atoms with Gasteiger partial charge in [0.15, 0.2) is 5.82 Å². The zero-order valence-electron chi connectivity index (χ0n) is 19.8. The van der Waals surface area contributed by atoms with Gasteiger partial charge in [0.05, 0.1) is 28.3 Å². The maximum absolute atomic E-state index is 13.3. The van der Waals surface area contributed by atoms with E-state index >= 15 is 0 Å². The molecule has 180 valence electrons. The van der Waals surface area contributed by atoms with Gasteiger partial charge in [-0.1, -0.05) is 11.2 Å². The number of anilines is 2. The quantitative estimate of drug-likeness (QED) is 0.721. The second-order valence-electron chi connectivity index (χ2n) is 10.1. The average Bonchev–Trinajstić information content (AvgIpc) is 3.33. The van der Waals surface area contributed by atoms with Gasteiger partial charge in [0, 0.05) is 45.3 Å². The molecule has 2 amide bonds. The van der Waals surface area contributed by atoms with E-state index in [0.29, 0.717) is 48.5 Å². The lowest BCUT2D eigenvalue weighted by Gasteiger charge is -2.45. The van der Waals surface area contributed by atoms with Gasteiger partial charge >= 0.3 is 6.03 Å². The minimum Gasteiger partial charge on any atom is -0.367 e. The minimum atomic E-state index is -0.896. The van der Waals surface area contributed by atoms with Gasteiger partial charge < -0.3 is 19.6 Å². The molecule has 5 rings (SSSR count). The van der Waals surface area contributed by atoms with Crippen LogP contribution in [-0.4, -0.2) is 77.5 Å². The number of nitrogens with zero attached hydrogens (tertiary/aromatic N) is 6. The summed E-state index contributed by atoms with van der Waals surface area (Å²) in [5.74, 6) is 0.566. The number of likely N-dealkylation sites (tertiary alicyclic amines) is 1. The highest BCUT2D eigenvalue weighted by molar-refractivity contribution is 5.96. The number of para-hydroxylation sites is 1. The Kier molecular flexibility index (Phi) is 5.68. The van der Waals surface area contributed by atoms with E-state index in [0.717, 1.165) is 31.9 Å². The van der Waals surface area contributed by atoms with Gasteiger partial charge in [0.25, 0.3) is 0 Å². The Balaban J connectivity index is 1.26. The van der Waals surface area contributed by atoms with Crippen LogP contribution in [0.15, 0.2) is 22.7 Å². The number of piperazine rings is 1. The molecule has 0 bridgehead atoms. The fourth-order valence-corrected chi connectivity index (χ4v) is 4.83. The highest BCUT2D eigenvalue weighted by Crippen LogP contribution is 2.43. The molecular formula is C24H30FN7O2. The number of nitrogens with one attached hydrogen (secondary N) is 1. The van der Waals surface area contributed by atoms with Crippen molar-refractivity contribution in [1.29, 1.82) is 5.26 Å². The van der Waals surface area contributed by atoms with Gasteiger partial charge in [-0.15, -0.1) is 0 Å². The van der Waals surface area contributed by atoms with Crippen LogP contribution in [0, 0.1) is 11.3 Å². The zero-order valence-corrected chi connectivity index (χ0v) is 19.8. The first kappa shape index (κ1) is 22.6. The molecule has 3 heterocycles. The molecule has 0 unspecified atom stereocenters. The van der Waals surface area contributed by atoms with E-state index in [4.69, 9.17) is 4.52 Å². The molecule has 0 spiro atoms. The van der Waals surface area contributed by atoms with E-state index in [2.05, 4.69) is 45.2 Å². The van der Waals surface area contributed by atoms with Crippen molar-refractivity contribution >= 4 is 17.4 Å². The molecule has 9 nitrogen and oxygen atoms in total. The van der Waals surface area contributed by atoms with Gasteiger partial charge in [-0.3, -0.25) is 4.90 Å². The first-order valence-corrected chi connectivity index (χ1v) is 11.9. The predicted molar refractivity (Wildman–Crippen MR) is 125 cm³/mol. The van der Waals surface area contributed by atoms with Crippen molar-refractivity contribution in [1.82, 2.24) is 19.9 Å². The largest absolute Gasteiger partial charge is 0.367 e. The molecule has 2 aromatic rings. The predicted octanol–water partition coefficient (Wildman–Crippen LogP) is 3.10. The Hall–Kier alpha value is -3.19. The van der Waals surface area contributed by atoms with Crippen LogP contribution < -0.4 is 10.2 Å². The van der Waals surface area contributed by atoms with Gasteiger partial charge in [-0.25, -0.2) is 9.18 Å². The Morgan fingerprint density at radius 2 is 2.00 bits per heavy atom. The highest BCUT2D eigenvalue weighted by atomic mass is 19.1. The number of alkyl halides is 1. The Bertz CT molecular complexity index is 1110. The second kappa shape index (κ2) is 8.55. The number of rotatable bonds is 5. The summed E-state index contributed by atoms with van der Waals surface area (Å²) in [6.07, 6.45) is -0.465. The minimum absolute atomic E-state index is 0.267. The van der Waals surface area contributed by atoms with Crippen molar-refractivity contribution in [3.8, 4) is 6.07 Å². The number of carbonyl (C=O) groups excluding carboxylic acids is 1.